The molecule has 25 heavy (non-hydrogen) atoms. The van der Waals surface area contributed by atoms with Crippen LogP contribution in [-0.4, -0.2) is 28.4 Å². The number of rotatable bonds is 5. The van der Waals surface area contributed by atoms with Gasteiger partial charge in [-0.05, 0) is 18.1 Å². The van der Waals surface area contributed by atoms with E-state index in [1.165, 1.54) is 26.8 Å². The fraction of sp³-hybridized carbons (Fsp3) is 0.438. The SMILES string of the molecule is CC(Cc1ccc(F)c([N+](=O)[O-])c1)C(=O)C1C(=O)OC(C)(C)OC1=O. The lowest BCUT2D eigenvalue weighted by Crippen LogP contribution is -2.50. The molecule has 0 N–H and O–H groups in total. The second-order valence-corrected chi connectivity index (χ2v) is 6.23. The molecular weight excluding hydrogens is 337 g/mol. The van der Waals surface area contributed by atoms with Gasteiger partial charge in [0.05, 0.1) is 4.92 Å². The topological polar surface area (TPSA) is 113 Å². The Kier molecular flexibility index (Phi) is 4.87. The number of nitro groups is 1. The summed E-state index contributed by atoms with van der Waals surface area (Å²) >= 11 is 0. The minimum atomic E-state index is -1.70. The second kappa shape index (κ2) is 6.58. The van der Waals surface area contributed by atoms with Crippen LogP contribution in [0.15, 0.2) is 18.2 Å². The van der Waals surface area contributed by atoms with Gasteiger partial charge in [0, 0.05) is 25.8 Å². The summed E-state index contributed by atoms with van der Waals surface area (Å²) < 4.78 is 23.2. The molecule has 0 aliphatic carbocycles. The monoisotopic (exact) mass is 353 g/mol. The highest BCUT2D eigenvalue weighted by atomic mass is 19.1. The van der Waals surface area contributed by atoms with Gasteiger partial charge in [-0.2, -0.15) is 4.39 Å². The first-order chi connectivity index (χ1) is 11.5. The number of esters is 2. The number of carbonyl (C=O) groups is 3. The molecule has 1 fully saturated rings. The Hall–Kier alpha value is -2.84. The zero-order valence-electron chi connectivity index (χ0n) is 13.8. The van der Waals surface area contributed by atoms with Crippen molar-refractivity contribution in [2.75, 3.05) is 0 Å². The van der Waals surface area contributed by atoms with Gasteiger partial charge in [-0.1, -0.05) is 13.0 Å². The van der Waals surface area contributed by atoms with Crippen LogP contribution in [0.25, 0.3) is 0 Å². The molecular formula is C16H16FNO7. The number of hydrogen-bond donors (Lipinski definition) is 0. The number of Topliss-reactive ketones (excluding diaryl/α,β-unsaturated/α-hetero) is 1. The highest BCUT2D eigenvalue weighted by molar-refractivity contribution is 6.16. The maximum absolute atomic E-state index is 13.4. The highest BCUT2D eigenvalue weighted by Crippen LogP contribution is 2.27. The van der Waals surface area contributed by atoms with E-state index in [2.05, 4.69) is 0 Å². The fourth-order valence-corrected chi connectivity index (χ4v) is 2.52. The Morgan fingerprint density at radius 2 is 1.88 bits per heavy atom. The molecule has 1 unspecified atom stereocenters. The summed E-state index contributed by atoms with van der Waals surface area (Å²) in [5.41, 5.74) is -0.387. The van der Waals surface area contributed by atoms with Crippen molar-refractivity contribution in [3.05, 3.63) is 39.7 Å². The molecule has 1 atom stereocenters. The highest BCUT2D eigenvalue weighted by Gasteiger charge is 2.48. The van der Waals surface area contributed by atoms with Crippen molar-refractivity contribution < 1.29 is 33.2 Å². The molecule has 1 heterocycles. The molecule has 0 radical (unpaired) electrons. The molecule has 8 nitrogen and oxygen atoms in total. The van der Waals surface area contributed by atoms with Gasteiger partial charge in [0.15, 0.2) is 5.78 Å². The van der Waals surface area contributed by atoms with Gasteiger partial charge in [-0.15, -0.1) is 0 Å². The molecule has 134 valence electrons. The van der Waals surface area contributed by atoms with E-state index < -0.39 is 51.8 Å². The van der Waals surface area contributed by atoms with Gasteiger partial charge in [0.2, 0.25) is 11.7 Å². The van der Waals surface area contributed by atoms with Crippen molar-refractivity contribution in [2.45, 2.75) is 33.0 Å². The number of ether oxygens (including phenoxy) is 2. The summed E-state index contributed by atoms with van der Waals surface area (Å²) in [4.78, 5) is 46.2. The minimum absolute atomic E-state index is 0.0135. The van der Waals surface area contributed by atoms with E-state index in [0.717, 1.165) is 12.1 Å². The van der Waals surface area contributed by atoms with E-state index in [0.29, 0.717) is 5.56 Å². The number of cyclic esters (lactones) is 2. The normalized spacial score (nSPS) is 18.2. The number of benzene rings is 1. The van der Waals surface area contributed by atoms with Crippen LogP contribution in [0.3, 0.4) is 0 Å². The van der Waals surface area contributed by atoms with Gasteiger partial charge < -0.3 is 9.47 Å². The van der Waals surface area contributed by atoms with Gasteiger partial charge in [-0.25, -0.2) is 0 Å². The number of halogens is 1. The minimum Gasteiger partial charge on any atom is -0.422 e. The number of ketones is 1. The lowest BCUT2D eigenvalue weighted by molar-refractivity contribution is -0.387. The van der Waals surface area contributed by atoms with E-state index in [1.807, 2.05) is 0 Å². The maximum Gasteiger partial charge on any atom is 0.331 e. The number of hydrogen-bond acceptors (Lipinski definition) is 7. The third-order valence-corrected chi connectivity index (χ3v) is 3.68. The van der Waals surface area contributed by atoms with Crippen LogP contribution in [0.4, 0.5) is 10.1 Å². The molecule has 1 aromatic rings. The van der Waals surface area contributed by atoms with E-state index >= 15 is 0 Å². The summed E-state index contributed by atoms with van der Waals surface area (Å²) in [6.07, 6.45) is -0.0135. The van der Waals surface area contributed by atoms with Crippen molar-refractivity contribution in [3.63, 3.8) is 0 Å². The quantitative estimate of drug-likeness (QED) is 0.344. The molecule has 1 saturated heterocycles. The van der Waals surface area contributed by atoms with Crippen LogP contribution < -0.4 is 0 Å². The molecule has 1 aliphatic rings. The molecule has 0 spiro atoms. The Morgan fingerprint density at radius 1 is 1.32 bits per heavy atom. The molecule has 9 heteroatoms. The average Bonchev–Trinajstić information content (AvgIpc) is 2.46. The lowest BCUT2D eigenvalue weighted by Gasteiger charge is -2.33. The molecule has 0 aromatic heterocycles. The number of nitro benzene ring substituents is 1. The van der Waals surface area contributed by atoms with Crippen LogP contribution in [0.1, 0.15) is 26.3 Å². The van der Waals surface area contributed by atoms with Gasteiger partial charge in [0.25, 0.3) is 5.79 Å². The summed E-state index contributed by atoms with van der Waals surface area (Å²) in [6, 6.07) is 3.24. The Labute approximate surface area is 142 Å². The summed E-state index contributed by atoms with van der Waals surface area (Å²) in [6.45, 7) is 4.19. The molecule has 1 aromatic carbocycles. The molecule has 1 aliphatic heterocycles. The van der Waals surface area contributed by atoms with Crippen LogP contribution in [0, 0.1) is 27.8 Å². The first-order valence-electron chi connectivity index (χ1n) is 7.44. The van der Waals surface area contributed by atoms with E-state index in [9.17, 15) is 28.9 Å². The number of nitrogens with zero attached hydrogens (tertiary/aromatic N) is 1. The zero-order chi connectivity index (χ0) is 18.9. The summed E-state index contributed by atoms with van der Waals surface area (Å²) in [7, 11) is 0. The first kappa shape index (κ1) is 18.5. The van der Waals surface area contributed by atoms with E-state index in [-0.39, 0.29) is 6.42 Å². The Morgan fingerprint density at radius 3 is 2.40 bits per heavy atom. The Balaban J connectivity index is 2.16. The van der Waals surface area contributed by atoms with Crippen LogP contribution in [0.5, 0.6) is 0 Å². The van der Waals surface area contributed by atoms with Gasteiger partial charge in [0.1, 0.15) is 0 Å². The zero-order valence-corrected chi connectivity index (χ0v) is 13.8. The third kappa shape index (κ3) is 3.98. The van der Waals surface area contributed by atoms with Crippen molar-refractivity contribution in [1.29, 1.82) is 0 Å². The maximum atomic E-state index is 13.4. The predicted molar refractivity (Wildman–Crippen MR) is 80.7 cm³/mol. The summed E-state index contributed by atoms with van der Waals surface area (Å²) in [5, 5.41) is 10.8. The van der Waals surface area contributed by atoms with E-state index in [4.69, 9.17) is 9.47 Å². The van der Waals surface area contributed by atoms with Crippen molar-refractivity contribution in [2.24, 2.45) is 11.8 Å². The molecule has 2 rings (SSSR count). The van der Waals surface area contributed by atoms with Crippen molar-refractivity contribution >= 4 is 23.4 Å². The van der Waals surface area contributed by atoms with Crippen LogP contribution in [0.2, 0.25) is 0 Å². The molecule has 0 saturated carbocycles. The first-order valence-corrected chi connectivity index (χ1v) is 7.44. The average molecular weight is 353 g/mol. The fourth-order valence-electron chi connectivity index (χ4n) is 2.52. The van der Waals surface area contributed by atoms with Crippen molar-refractivity contribution in [1.82, 2.24) is 0 Å². The predicted octanol–water partition coefficient (Wildman–Crippen LogP) is 1.93. The standard InChI is InChI=1S/C16H16FNO7/c1-8(6-9-4-5-10(17)11(7-9)18(22)23)13(19)12-14(20)24-16(2,3)25-15(12)21/h4-5,7-8,12H,6H2,1-3H3. The second-order valence-electron chi connectivity index (χ2n) is 6.23. The summed E-state index contributed by atoms with van der Waals surface area (Å²) in [5.74, 6) is -7.68. The van der Waals surface area contributed by atoms with Crippen LogP contribution in [-0.2, 0) is 30.3 Å². The Bertz CT molecular complexity index is 739. The number of carbonyl (C=O) groups excluding carboxylic acids is 3. The van der Waals surface area contributed by atoms with Gasteiger partial charge in [-0.3, -0.25) is 24.5 Å². The smallest absolute Gasteiger partial charge is 0.331 e. The van der Waals surface area contributed by atoms with E-state index in [1.54, 1.807) is 0 Å². The van der Waals surface area contributed by atoms with Crippen LogP contribution >= 0.6 is 0 Å². The molecule has 0 bridgehead atoms. The van der Waals surface area contributed by atoms with Gasteiger partial charge >= 0.3 is 17.6 Å². The third-order valence-electron chi connectivity index (χ3n) is 3.68. The van der Waals surface area contributed by atoms with Crippen molar-refractivity contribution in [3.8, 4) is 0 Å². The largest absolute Gasteiger partial charge is 0.422 e. The lowest BCUT2D eigenvalue weighted by atomic mass is 9.88. The molecule has 0 amide bonds.